The summed E-state index contributed by atoms with van der Waals surface area (Å²) in [5, 5.41) is 3.26. The molecule has 0 aromatic heterocycles. The monoisotopic (exact) mass is 236 g/mol. The maximum Gasteiger partial charge on any atom is 0.127 e. The Kier molecular flexibility index (Phi) is 5.87. The average Bonchev–Trinajstić information content (AvgIpc) is 2.32. The number of likely N-dealkylation sites (N-methyl/N-ethyl adjacent to an activating group) is 1. The van der Waals surface area contributed by atoms with Crippen molar-refractivity contribution < 1.29 is 4.39 Å². The van der Waals surface area contributed by atoms with Crippen molar-refractivity contribution in [2.24, 2.45) is 0 Å². The van der Waals surface area contributed by atoms with Crippen LogP contribution in [0.5, 0.6) is 0 Å². The topological polar surface area (TPSA) is 15.3 Å². The highest BCUT2D eigenvalue weighted by Gasteiger charge is 2.10. The smallest absolute Gasteiger partial charge is 0.127 e. The van der Waals surface area contributed by atoms with Gasteiger partial charge in [-0.3, -0.25) is 4.90 Å². The lowest BCUT2D eigenvalue weighted by atomic mass is 10.2. The first-order chi connectivity index (χ1) is 8.15. The molecule has 0 amide bonds. The SMILES string of the molecule is C=CCNCC(C)N(C)Cc1ccccc1F. The van der Waals surface area contributed by atoms with Gasteiger partial charge >= 0.3 is 0 Å². The molecule has 1 rings (SSSR count). The van der Waals surface area contributed by atoms with Crippen LogP contribution in [-0.2, 0) is 6.54 Å². The van der Waals surface area contributed by atoms with Gasteiger partial charge in [0.15, 0.2) is 0 Å². The summed E-state index contributed by atoms with van der Waals surface area (Å²) < 4.78 is 13.5. The molecule has 1 N–H and O–H groups in total. The van der Waals surface area contributed by atoms with Gasteiger partial charge in [0.25, 0.3) is 0 Å². The Morgan fingerprint density at radius 2 is 2.18 bits per heavy atom. The second-order valence-corrected chi connectivity index (χ2v) is 4.30. The minimum Gasteiger partial charge on any atom is -0.312 e. The quantitative estimate of drug-likeness (QED) is 0.578. The predicted octanol–water partition coefficient (Wildman–Crippen LogP) is 2.42. The van der Waals surface area contributed by atoms with Crippen molar-refractivity contribution in [3.05, 3.63) is 48.3 Å². The van der Waals surface area contributed by atoms with Gasteiger partial charge in [-0.2, -0.15) is 0 Å². The largest absolute Gasteiger partial charge is 0.312 e. The van der Waals surface area contributed by atoms with Gasteiger partial charge < -0.3 is 5.32 Å². The van der Waals surface area contributed by atoms with Crippen molar-refractivity contribution in [1.82, 2.24) is 10.2 Å². The van der Waals surface area contributed by atoms with Crippen molar-refractivity contribution in [3.8, 4) is 0 Å². The first-order valence-electron chi connectivity index (χ1n) is 5.90. The number of benzene rings is 1. The first-order valence-corrected chi connectivity index (χ1v) is 5.90. The van der Waals surface area contributed by atoms with Gasteiger partial charge in [-0.1, -0.05) is 24.3 Å². The van der Waals surface area contributed by atoms with Gasteiger partial charge in [-0.25, -0.2) is 4.39 Å². The minimum atomic E-state index is -0.134. The molecule has 0 radical (unpaired) electrons. The van der Waals surface area contributed by atoms with E-state index >= 15 is 0 Å². The van der Waals surface area contributed by atoms with E-state index in [9.17, 15) is 4.39 Å². The van der Waals surface area contributed by atoms with Crippen molar-refractivity contribution in [2.75, 3.05) is 20.1 Å². The lowest BCUT2D eigenvalue weighted by Crippen LogP contribution is -2.37. The van der Waals surface area contributed by atoms with E-state index in [-0.39, 0.29) is 5.82 Å². The van der Waals surface area contributed by atoms with Crippen molar-refractivity contribution in [1.29, 1.82) is 0 Å². The standard InChI is InChI=1S/C14H21FN2/c1-4-9-16-10-12(2)17(3)11-13-7-5-6-8-14(13)15/h4-8,12,16H,1,9-11H2,2-3H3. The molecule has 17 heavy (non-hydrogen) atoms. The fraction of sp³-hybridized carbons (Fsp3) is 0.429. The molecule has 0 aliphatic rings. The molecule has 1 aromatic rings. The van der Waals surface area contributed by atoms with Crippen LogP contribution < -0.4 is 5.32 Å². The highest BCUT2D eigenvalue weighted by atomic mass is 19.1. The second kappa shape index (κ2) is 7.20. The Morgan fingerprint density at radius 1 is 1.47 bits per heavy atom. The maximum absolute atomic E-state index is 13.5. The second-order valence-electron chi connectivity index (χ2n) is 4.30. The Bertz CT molecular complexity index is 352. The zero-order chi connectivity index (χ0) is 12.7. The number of halogens is 1. The van der Waals surface area contributed by atoms with Crippen LogP contribution in [0.2, 0.25) is 0 Å². The summed E-state index contributed by atoms with van der Waals surface area (Å²) >= 11 is 0. The number of hydrogen-bond donors (Lipinski definition) is 1. The molecule has 1 aromatic carbocycles. The van der Waals surface area contributed by atoms with Gasteiger partial charge in [-0.15, -0.1) is 6.58 Å². The third-order valence-electron chi connectivity index (χ3n) is 2.86. The van der Waals surface area contributed by atoms with E-state index in [2.05, 4.69) is 23.7 Å². The van der Waals surface area contributed by atoms with Gasteiger partial charge in [0.1, 0.15) is 5.82 Å². The van der Waals surface area contributed by atoms with Crippen LogP contribution in [0.25, 0.3) is 0 Å². The minimum absolute atomic E-state index is 0.134. The summed E-state index contributed by atoms with van der Waals surface area (Å²) in [7, 11) is 2.01. The molecule has 0 spiro atoms. The predicted molar refractivity (Wildman–Crippen MR) is 70.4 cm³/mol. The fourth-order valence-corrected chi connectivity index (χ4v) is 1.60. The summed E-state index contributed by atoms with van der Waals surface area (Å²) in [5.41, 5.74) is 0.741. The molecule has 0 saturated carbocycles. The summed E-state index contributed by atoms with van der Waals surface area (Å²) in [4.78, 5) is 2.13. The van der Waals surface area contributed by atoms with Crippen LogP contribution >= 0.6 is 0 Å². The number of hydrogen-bond acceptors (Lipinski definition) is 2. The van der Waals surface area contributed by atoms with E-state index in [0.29, 0.717) is 12.6 Å². The summed E-state index contributed by atoms with van der Waals surface area (Å²) in [5.74, 6) is -0.134. The Morgan fingerprint density at radius 3 is 2.82 bits per heavy atom. The van der Waals surface area contributed by atoms with Crippen LogP contribution in [0.4, 0.5) is 4.39 Å². The lowest BCUT2D eigenvalue weighted by molar-refractivity contribution is 0.241. The maximum atomic E-state index is 13.5. The van der Waals surface area contributed by atoms with E-state index in [1.165, 1.54) is 6.07 Å². The van der Waals surface area contributed by atoms with Crippen LogP contribution in [0, 0.1) is 5.82 Å². The van der Waals surface area contributed by atoms with Crippen LogP contribution in [0.1, 0.15) is 12.5 Å². The third kappa shape index (κ3) is 4.67. The highest BCUT2D eigenvalue weighted by molar-refractivity contribution is 5.17. The van der Waals surface area contributed by atoms with Gasteiger partial charge in [-0.05, 0) is 20.0 Å². The Hall–Kier alpha value is -1.19. The number of nitrogens with one attached hydrogen (secondary N) is 1. The first kappa shape index (κ1) is 13.9. The van der Waals surface area contributed by atoms with E-state index in [4.69, 9.17) is 0 Å². The Labute approximate surface area is 103 Å². The molecule has 94 valence electrons. The van der Waals surface area contributed by atoms with E-state index < -0.39 is 0 Å². The lowest BCUT2D eigenvalue weighted by Gasteiger charge is -2.25. The van der Waals surface area contributed by atoms with Gasteiger partial charge in [0.2, 0.25) is 0 Å². The number of nitrogens with zero attached hydrogens (tertiary/aromatic N) is 1. The Balaban J connectivity index is 2.45. The summed E-state index contributed by atoms with van der Waals surface area (Å²) in [6.07, 6.45) is 1.84. The molecule has 1 atom stereocenters. The molecular formula is C14H21FN2. The summed E-state index contributed by atoms with van der Waals surface area (Å²) in [6, 6.07) is 7.27. The van der Waals surface area contributed by atoms with Crippen LogP contribution in [0.3, 0.4) is 0 Å². The fourth-order valence-electron chi connectivity index (χ4n) is 1.60. The zero-order valence-corrected chi connectivity index (χ0v) is 10.6. The molecule has 2 nitrogen and oxygen atoms in total. The van der Waals surface area contributed by atoms with E-state index in [1.807, 2.05) is 25.3 Å². The molecule has 0 aliphatic carbocycles. The van der Waals surface area contributed by atoms with Crippen LogP contribution in [-0.4, -0.2) is 31.1 Å². The molecule has 1 unspecified atom stereocenters. The van der Waals surface area contributed by atoms with Gasteiger partial charge in [0.05, 0.1) is 0 Å². The molecule has 0 fully saturated rings. The van der Waals surface area contributed by atoms with Crippen molar-refractivity contribution in [2.45, 2.75) is 19.5 Å². The van der Waals surface area contributed by atoms with Crippen LogP contribution in [0.15, 0.2) is 36.9 Å². The molecule has 0 heterocycles. The third-order valence-corrected chi connectivity index (χ3v) is 2.86. The average molecular weight is 236 g/mol. The highest BCUT2D eigenvalue weighted by Crippen LogP contribution is 2.10. The summed E-state index contributed by atoms with van der Waals surface area (Å²) in [6.45, 7) is 8.08. The molecule has 3 heteroatoms. The van der Waals surface area contributed by atoms with Gasteiger partial charge in [0, 0.05) is 31.2 Å². The van der Waals surface area contributed by atoms with E-state index in [1.54, 1.807) is 6.07 Å². The van der Waals surface area contributed by atoms with Crippen molar-refractivity contribution >= 4 is 0 Å². The molecule has 0 saturated heterocycles. The molecule has 0 bridgehead atoms. The normalized spacial score (nSPS) is 12.7. The van der Waals surface area contributed by atoms with E-state index in [0.717, 1.165) is 18.7 Å². The molecular weight excluding hydrogens is 215 g/mol. The zero-order valence-electron chi connectivity index (χ0n) is 10.6. The molecule has 0 aliphatic heterocycles. The van der Waals surface area contributed by atoms with Crippen molar-refractivity contribution in [3.63, 3.8) is 0 Å². The number of rotatable bonds is 7.